The zero-order valence-corrected chi connectivity index (χ0v) is 74.5. The normalized spacial score (nSPS) is 15.4. The summed E-state index contributed by atoms with van der Waals surface area (Å²) >= 11 is 12.3. The third-order valence-electron chi connectivity index (χ3n) is 19.2. The van der Waals surface area contributed by atoms with Gasteiger partial charge in [0.1, 0.15) is 22.8 Å². The Hall–Kier alpha value is -9.78. The van der Waals surface area contributed by atoms with Gasteiger partial charge in [0.05, 0.1) is 36.9 Å². The Morgan fingerprint density at radius 2 is 0.923 bits per heavy atom. The molecular weight excluding hydrogens is 1870 g/mol. The largest absolute Gasteiger partial charge is 0.541 e. The van der Waals surface area contributed by atoms with Crippen molar-refractivity contribution in [2.24, 2.45) is 5.10 Å². The number of carbonyl (C=O) groups is 9. The van der Waals surface area contributed by atoms with Gasteiger partial charge in [0.2, 0.25) is 25.9 Å². The summed E-state index contributed by atoms with van der Waals surface area (Å²) in [4.78, 5) is 118. The van der Waals surface area contributed by atoms with Crippen molar-refractivity contribution >= 4 is 180 Å². The number of anilines is 6. The maximum atomic E-state index is 13.7. The van der Waals surface area contributed by atoms with Crippen LogP contribution in [0.3, 0.4) is 0 Å². The maximum absolute atomic E-state index is 13.7. The van der Waals surface area contributed by atoms with Crippen LogP contribution in [0.4, 0.5) is 34.1 Å². The number of Topliss-reactive ketones (excluding diaryl/α,β-unsaturated/α-hetero) is 3. The number of nitrogens with zero attached hydrogens (tertiary/aromatic N) is 10. The number of piperidine rings is 3. The molecule has 612 valence electrons. The molecule has 6 amide bonds. The van der Waals surface area contributed by atoms with Gasteiger partial charge in [0.25, 0.3) is 23.6 Å². The number of hydrazone groups is 1. The third kappa shape index (κ3) is 24.2. The van der Waals surface area contributed by atoms with Gasteiger partial charge >= 0.3 is 5.36 Å². The van der Waals surface area contributed by atoms with Crippen LogP contribution in [0, 0.1) is 17.6 Å². The second kappa shape index (κ2) is 42.6. The standard InChI is InChI=1S/C26H26N4O4.C21H18IN3O3.C14H18INO2Si.C11H10INO2.C10H13ClN2O.C5H9NO/c1-17(32)24-22-13-15-29(20-11-9-19(10-12-20)28-14-3-2-4-23(28)33)26(34)25(22)30(27-24)21-7-5-18(16-31)6-8-21;1-13(27)19-18-10-11-24(16-8-4-15(22)5-9-16)21(28)20(18)25(23-19)17-6-2-14(12-26)3-7-17;1-19(2,3)18-13-5-4-10-16(14(13)17)12-8-6-11(15)7-9-12;12-8-3-5-9(6-4-8)13-7-1-2-10(14)11(13)15;1-3-14-10(11)13-12-9-6-4-8(2)5-7-9;7-5-3-1-2-4-6-5/h5-12,31H,2-4,13-16H2,1H3;2-9,26H,10-12H2,1H3;5-9H,4,10H2,1-3H3;3-6H,1-2,7H2;4-7,12H,3H2,1-2H3;1-4H2,(H,6,7)/b;;;;13-10+;. The first-order valence-electron chi connectivity index (χ1n) is 38.6. The molecule has 3 saturated heterocycles. The van der Waals surface area contributed by atoms with Crippen molar-refractivity contribution in [1.82, 2.24) is 24.9 Å². The molecule has 8 heterocycles. The van der Waals surface area contributed by atoms with E-state index in [0.29, 0.717) is 110 Å². The minimum Gasteiger partial charge on any atom is -0.541 e. The van der Waals surface area contributed by atoms with Crippen LogP contribution in [0.15, 0.2) is 187 Å². The number of aliphatic hydroxyl groups is 2. The summed E-state index contributed by atoms with van der Waals surface area (Å²) in [7, 11) is -1.74. The van der Waals surface area contributed by atoms with E-state index in [0.717, 1.165) is 110 Å². The van der Waals surface area contributed by atoms with Crippen molar-refractivity contribution in [1.29, 1.82) is 0 Å². The second-order valence-electron chi connectivity index (χ2n) is 28.9. The van der Waals surface area contributed by atoms with Gasteiger partial charge in [0.15, 0.2) is 17.3 Å². The molecule has 6 aliphatic heterocycles. The van der Waals surface area contributed by atoms with Gasteiger partial charge in [-0.3, -0.25) is 48.6 Å². The molecule has 0 radical (unpaired) electrons. The third-order valence-corrected chi connectivity index (χ3v) is 22.4. The Morgan fingerprint density at radius 1 is 0.504 bits per heavy atom. The number of aryl methyl sites for hydroxylation is 1. The fraction of sp³-hybridized carbons (Fsp3) is 0.310. The maximum Gasteiger partial charge on any atom is 0.304 e. The van der Waals surface area contributed by atoms with E-state index in [1.54, 1.807) is 77.7 Å². The van der Waals surface area contributed by atoms with Crippen LogP contribution >= 0.6 is 79.4 Å². The predicted molar refractivity (Wildman–Crippen MR) is 483 cm³/mol. The van der Waals surface area contributed by atoms with Crippen LogP contribution in [-0.2, 0) is 59.2 Å². The van der Waals surface area contributed by atoms with Crippen molar-refractivity contribution in [3.63, 3.8) is 0 Å². The first kappa shape index (κ1) is 89.6. The minimum absolute atomic E-state index is 0.0186. The number of carbonyl (C=O) groups excluding carboxylic acids is 9. The molecule has 117 heavy (non-hydrogen) atoms. The number of hydrogen-bond acceptors (Lipinski definition) is 17. The van der Waals surface area contributed by atoms with E-state index < -0.39 is 8.32 Å². The molecule has 0 atom stereocenters. The fourth-order valence-corrected chi connectivity index (χ4v) is 15.4. The monoisotopic (exact) mass is 1960 g/mol. The lowest BCUT2D eigenvalue weighted by molar-refractivity contribution is -0.137. The van der Waals surface area contributed by atoms with Gasteiger partial charge in [-0.05, 0) is 315 Å². The van der Waals surface area contributed by atoms with E-state index in [-0.39, 0.29) is 71.4 Å². The molecular formula is C87H94ClI3N12O13Si. The van der Waals surface area contributed by atoms with Crippen molar-refractivity contribution < 1.29 is 62.5 Å². The van der Waals surface area contributed by atoms with E-state index in [1.165, 1.54) is 27.7 Å². The van der Waals surface area contributed by atoms with Crippen LogP contribution in [0.2, 0.25) is 19.6 Å². The molecule has 2 aromatic heterocycles. The smallest absolute Gasteiger partial charge is 0.304 e. The molecule has 9 aromatic rings. The zero-order chi connectivity index (χ0) is 84.0. The fourth-order valence-electron chi connectivity index (χ4n) is 13.3. The molecule has 25 nitrogen and oxygen atoms in total. The minimum atomic E-state index is -1.74. The first-order chi connectivity index (χ1) is 56.1. The topological polar surface area (TPSA) is 301 Å². The average molecular weight is 1960 g/mol. The summed E-state index contributed by atoms with van der Waals surface area (Å²) in [5, 5.41) is 34.2. The van der Waals surface area contributed by atoms with Gasteiger partial charge in [-0.25, -0.2) is 9.36 Å². The highest BCUT2D eigenvalue weighted by atomic mass is 127. The highest BCUT2D eigenvalue weighted by molar-refractivity contribution is 14.1. The molecule has 6 aliphatic rings. The predicted octanol–water partition coefficient (Wildman–Crippen LogP) is 15.7. The number of hydrogen-bond donors (Lipinski definition) is 4. The average Bonchev–Trinajstić information content (AvgIpc) is 1.61. The van der Waals surface area contributed by atoms with E-state index in [4.69, 9.17) is 20.8 Å². The molecule has 0 unspecified atom stereocenters. The van der Waals surface area contributed by atoms with E-state index >= 15 is 0 Å². The molecule has 15 rings (SSSR count). The summed E-state index contributed by atoms with van der Waals surface area (Å²) in [5.74, 6) is -0.544. The Balaban J connectivity index is 0.000000157. The van der Waals surface area contributed by atoms with Gasteiger partial charge in [-0.2, -0.15) is 10.2 Å². The number of rotatable bonds is 16. The number of aliphatic hydroxyl groups excluding tert-OH is 2. The second-order valence-corrected chi connectivity index (χ2v) is 37.4. The molecule has 3 fully saturated rings. The summed E-state index contributed by atoms with van der Waals surface area (Å²) in [5.41, 5.74) is 14.7. The van der Waals surface area contributed by atoms with Crippen molar-refractivity contribution in [2.45, 2.75) is 131 Å². The highest BCUT2D eigenvalue weighted by Gasteiger charge is 2.37. The number of halogens is 4. The Morgan fingerprint density at radius 3 is 1.32 bits per heavy atom. The first-order valence-corrected chi connectivity index (χ1v) is 45.6. The number of amides is 6. The Labute approximate surface area is 727 Å². The van der Waals surface area contributed by atoms with Crippen LogP contribution in [-0.4, -0.2) is 142 Å². The molecule has 0 saturated carbocycles. The van der Waals surface area contributed by atoms with Crippen LogP contribution in [0.1, 0.15) is 148 Å². The Kier molecular flexibility index (Phi) is 32.6. The number of aromatic nitrogens is 4. The van der Waals surface area contributed by atoms with Crippen LogP contribution < -0.4 is 35.2 Å². The van der Waals surface area contributed by atoms with E-state index in [9.17, 15) is 53.4 Å². The number of fused-ring (bicyclic) bond motifs is 2. The molecule has 30 heteroatoms. The van der Waals surface area contributed by atoms with Crippen LogP contribution in [0.5, 0.6) is 0 Å². The van der Waals surface area contributed by atoms with Gasteiger partial charge in [0, 0.05) is 123 Å². The number of ether oxygens (including phenoxy) is 1. The molecule has 7 aromatic carbocycles. The summed E-state index contributed by atoms with van der Waals surface area (Å²) in [6, 6.07) is 52.9. The number of benzene rings is 7. The van der Waals surface area contributed by atoms with Crippen molar-refractivity contribution in [3.05, 3.63) is 243 Å². The summed E-state index contributed by atoms with van der Waals surface area (Å²) in [6.45, 7) is 17.3. The lowest BCUT2D eigenvalue weighted by atomic mass is 10.0. The lowest BCUT2D eigenvalue weighted by Crippen LogP contribution is -2.41. The van der Waals surface area contributed by atoms with E-state index in [1.807, 2.05) is 141 Å². The number of nitrogens with one attached hydrogen (secondary N) is 2. The number of ketones is 3. The van der Waals surface area contributed by atoms with Crippen molar-refractivity contribution in [2.75, 3.05) is 75.8 Å². The lowest BCUT2D eigenvalue weighted by Gasteiger charge is -2.30. The molecule has 0 bridgehead atoms. The highest BCUT2D eigenvalue weighted by Crippen LogP contribution is 2.34. The van der Waals surface area contributed by atoms with Gasteiger partial charge in [-0.15, -0.1) is 5.10 Å². The summed E-state index contributed by atoms with van der Waals surface area (Å²) in [6.07, 6.45) is 10.4. The molecule has 0 aliphatic carbocycles. The molecule has 0 spiro atoms. The summed E-state index contributed by atoms with van der Waals surface area (Å²) < 4.78 is 17.3. The van der Waals surface area contributed by atoms with Gasteiger partial charge in [-0.1, -0.05) is 42.0 Å². The van der Waals surface area contributed by atoms with E-state index in [2.05, 4.69) is 113 Å². The quantitative estimate of drug-likeness (QED) is 0.0133. The molecule has 4 N–H and O–H groups in total. The van der Waals surface area contributed by atoms with Gasteiger partial charge < -0.3 is 49.2 Å². The Bertz CT molecular complexity index is 5090. The zero-order valence-electron chi connectivity index (χ0n) is 66.3. The SMILES string of the molecule is CC(=O)c1nn(-c2ccc(CO)cc2)c2c1CCN(c1ccc(I)cc1)C2=O.CC(=O)c1nn(-c2ccc(CO)cc2)c2c1CCN(c1ccc(N3CCCCC3=O)cc1)C2=O.CCO/C(Cl)=N/Nc1ccc(C)cc1.C[Si](C)(C)OC1=CCCN(c2ccc(I)cc2)C1=O.O=C1CCCCN1.O=C1CCCN(c2ccc(I)cc2)C1=O. The van der Waals surface area contributed by atoms with Crippen molar-refractivity contribution in [3.8, 4) is 11.4 Å². The van der Waals surface area contributed by atoms with Crippen LogP contribution in [0.25, 0.3) is 11.4 Å².